The van der Waals surface area contributed by atoms with Gasteiger partial charge in [-0.25, -0.2) is 0 Å². The van der Waals surface area contributed by atoms with Gasteiger partial charge in [0.05, 0.1) is 32.0 Å². The number of rotatable bonds is 58. The van der Waals surface area contributed by atoms with Gasteiger partial charge in [0.15, 0.2) is 12.6 Å². The van der Waals surface area contributed by atoms with Gasteiger partial charge in [0.1, 0.15) is 48.8 Å². The Morgan fingerprint density at radius 1 is 0.411 bits per heavy atom. The number of amides is 1. The van der Waals surface area contributed by atoms with Crippen LogP contribution < -0.4 is 5.32 Å². The number of unbranched alkanes of at least 4 members (excludes halogenated alkanes) is 29. The second-order valence-electron chi connectivity index (χ2n) is 25.0. The standard InChI is InChI=1S/C76H131NO13/c1-3-5-7-9-11-13-15-17-19-21-23-25-27-28-29-30-31-32-33-34-35-36-38-40-42-44-46-48-50-52-54-56-58-60-68(81)77-64(63-87-75-73(86)71(84)74(67(62-79)89-75)90-76-72(85)70(83)69(82)66(61-78)88-76)65(80)59-57-55-53-51-49-47-45-43-41-39-37-26-24-22-20-18-16-14-12-10-8-6-4-2/h5,7,11,13,17,19,23,25,28-29,31-32,34-35,38,40,57,59,64-67,69-76,78-80,82-86H,3-4,6,8-10,12,14-16,18,20-22,24,26-27,30,33,36-37,39,41-56,58,60-63H2,1-2H3,(H,77,81)/b7-5-,13-11-,19-17-,25-23-,29-28-,32-31-,35-34-,40-38-,59-57+. The molecule has 2 fully saturated rings. The van der Waals surface area contributed by atoms with E-state index in [0.29, 0.717) is 6.42 Å². The fraction of sp³-hybridized carbons (Fsp3) is 0.750. The highest BCUT2D eigenvalue weighted by molar-refractivity contribution is 5.76. The number of nitrogens with one attached hydrogen (secondary N) is 1. The van der Waals surface area contributed by atoms with E-state index in [2.05, 4.69) is 116 Å². The Morgan fingerprint density at radius 2 is 0.767 bits per heavy atom. The summed E-state index contributed by atoms with van der Waals surface area (Å²) in [4.78, 5) is 13.3. The molecule has 14 heteroatoms. The van der Waals surface area contributed by atoms with E-state index in [4.69, 9.17) is 18.9 Å². The third-order valence-electron chi connectivity index (χ3n) is 17.0. The lowest BCUT2D eigenvalue weighted by molar-refractivity contribution is -0.359. The summed E-state index contributed by atoms with van der Waals surface area (Å²) in [5, 5.41) is 87.5. The number of allylic oxidation sites excluding steroid dienone is 17. The first-order valence-electron chi connectivity index (χ1n) is 36.1. The molecule has 2 heterocycles. The summed E-state index contributed by atoms with van der Waals surface area (Å²) in [5.74, 6) is -0.250. The van der Waals surface area contributed by atoms with Crippen LogP contribution in [0.3, 0.4) is 0 Å². The van der Waals surface area contributed by atoms with Crippen molar-refractivity contribution in [2.24, 2.45) is 0 Å². The molecule has 90 heavy (non-hydrogen) atoms. The van der Waals surface area contributed by atoms with Crippen LogP contribution in [-0.4, -0.2) is 140 Å². The molecule has 2 aliphatic heterocycles. The average Bonchev–Trinajstić information content (AvgIpc) is 1.41. The highest BCUT2D eigenvalue weighted by atomic mass is 16.7. The molecule has 518 valence electrons. The van der Waals surface area contributed by atoms with Gasteiger partial charge in [-0.1, -0.05) is 290 Å². The molecule has 1 amide bonds. The number of ether oxygens (including phenoxy) is 4. The van der Waals surface area contributed by atoms with Crippen molar-refractivity contribution in [1.82, 2.24) is 5.32 Å². The van der Waals surface area contributed by atoms with Crippen LogP contribution >= 0.6 is 0 Å². The first kappa shape index (κ1) is 82.7. The fourth-order valence-corrected chi connectivity index (χ4v) is 11.3. The quantitative estimate of drug-likeness (QED) is 0.0204. The van der Waals surface area contributed by atoms with Crippen LogP contribution in [-0.2, 0) is 23.7 Å². The lowest BCUT2D eigenvalue weighted by Crippen LogP contribution is -2.65. The Hall–Kier alpha value is -3.35. The Bertz CT molecular complexity index is 1930. The molecule has 14 nitrogen and oxygen atoms in total. The summed E-state index contributed by atoms with van der Waals surface area (Å²) >= 11 is 0. The van der Waals surface area contributed by atoms with Crippen molar-refractivity contribution in [2.45, 2.75) is 344 Å². The summed E-state index contributed by atoms with van der Waals surface area (Å²) in [6, 6.07) is -0.928. The molecule has 0 spiro atoms. The van der Waals surface area contributed by atoms with Gasteiger partial charge in [-0.3, -0.25) is 4.79 Å². The molecule has 2 aliphatic rings. The van der Waals surface area contributed by atoms with Crippen LogP contribution in [0.5, 0.6) is 0 Å². The molecular weight excluding hydrogens is 1130 g/mol. The first-order valence-corrected chi connectivity index (χ1v) is 36.1. The van der Waals surface area contributed by atoms with E-state index in [9.17, 15) is 45.6 Å². The molecule has 0 bridgehead atoms. The van der Waals surface area contributed by atoms with Gasteiger partial charge >= 0.3 is 0 Å². The number of aliphatic hydroxyl groups is 8. The van der Waals surface area contributed by atoms with Crippen LogP contribution in [0.25, 0.3) is 0 Å². The topological polar surface area (TPSA) is 228 Å². The van der Waals surface area contributed by atoms with Crippen LogP contribution in [0.15, 0.2) is 109 Å². The molecule has 12 atom stereocenters. The number of aliphatic hydroxyl groups excluding tert-OH is 8. The predicted octanol–water partition coefficient (Wildman–Crippen LogP) is 15.1. The lowest BCUT2D eigenvalue weighted by atomic mass is 9.97. The van der Waals surface area contributed by atoms with E-state index in [1.807, 2.05) is 6.08 Å². The maximum atomic E-state index is 13.3. The summed E-state index contributed by atoms with van der Waals surface area (Å²) in [6.07, 6.45) is 68.4. The largest absolute Gasteiger partial charge is 0.394 e. The minimum atomic E-state index is -1.79. The SMILES string of the molecule is CC/C=C\C/C=C\C/C=C\C/C=C\C/C=C\C/C=C\C/C=C\C/C=C\CCCCCCCCCCC(=O)NC(COC1OC(CO)C(OC2OC(CO)C(O)C(O)C2O)C(O)C1O)C(O)/C=C/CCCCCCCCCCCCCCCCCCCCCCC. The zero-order valence-electron chi connectivity index (χ0n) is 56.3. The lowest BCUT2D eigenvalue weighted by Gasteiger charge is -2.46. The van der Waals surface area contributed by atoms with Crippen molar-refractivity contribution in [3.63, 3.8) is 0 Å². The third-order valence-corrected chi connectivity index (χ3v) is 17.0. The predicted molar refractivity (Wildman–Crippen MR) is 369 cm³/mol. The molecule has 9 N–H and O–H groups in total. The van der Waals surface area contributed by atoms with E-state index in [1.54, 1.807) is 6.08 Å². The summed E-state index contributed by atoms with van der Waals surface area (Å²) in [7, 11) is 0. The normalized spacial score (nSPS) is 23.6. The van der Waals surface area contributed by atoms with E-state index >= 15 is 0 Å². The van der Waals surface area contributed by atoms with Gasteiger partial charge in [-0.05, 0) is 83.5 Å². The van der Waals surface area contributed by atoms with Gasteiger partial charge < -0.3 is 65.1 Å². The minimum absolute atomic E-state index is 0.250. The molecule has 0 saturated carbocycles. The zero-order valence-corrected chi connectivity index (χ0v) is 56.3. The van der Waals surface area contributed by atoms with Crippen LogP contribution in [0, 0.1) is 0 Å². The Balaban J connectivity index is 1.68. The van der Waals surface area contributed by atoms with E-state index < -0.39 is 86.8 Å². The minimum Gasteiger partial charge on any atom is -0.394 e. The number of hydrogen-bond donors (Lipinski definition) is 9. The Labute approximate surface area is 546 Å². The number of carbonyl (C=O) groups is 1. The zero-order chi connectivity index (χ0) is 65.2. The second-order valence-corrected chi connectivity index (χ2v) is 25.0. The molecule has 12 unspecified atom stereocenters. The Morgan fingerprint density at radius 3 is 1.18 bits per heavy atom. The van der Waals surface area contributed by atoms with Crippen LogP contribution in [0.2, 0.25) is 0 Å². The molecule has 0 aromatic rings. The number of hydrogen-bond acceptors (Lipinski definition) is 13. The van der Waals surface area contributed by atoms with E-state index in [-0.39, 0.29) is 18.9 Å². The average molecular weight is 1270 g/mol. The first-order chi connectivity index (χ1) is 44.1. The summed E-state index contributed by atoms with van der Waals surface area (Å²) < 4.78 is 22.9. The molecule has 2 rings (SSSR count). The van der Waals surface area contributed by atoms with Crippen molar-refractivity contribution in [3.8, 4) is 0 Å². The van der Waals surface area contributed by atoms with Crippen molar-refractivity contribution >= 4 is 5.91 Å². The van der Waals surface area contributed by atoms with Crippen molar-refractivity contribution in [1.29, 1.82) is 0 Å². The van der Waals surface area contributed by atoms with E-state index in [1.165, 1.54) is 141 Å². The summed E-state index contributed by atoms with van der Waals surface area (Å²) in [6.45, 7) is 2.70. The van der Waals surface area contributed by atoms with E-state index in [0.717, 1.165) is 103 Å². The monoisotopic (exact) mass is 1270 g/mol. The third kappa shape index (κ3) is 42.8. The maximum Gasteiger partial charge on any atom is 0.220 e. The summed E-state index contributed by atoms with van der Waals surface area (Å²) in [5.41, 5.74) is 0. The molecule has 0 aromatic heterocycles. The van der Waals surface area contributed by atoms with Crippen LogP contribution in [0.1, 0.15) is 271 Å². The smallest absolute Gasteiger partial charge is 0.220 e. The molecule has 0 aliphatic carbocycles. The van der Waals surface area contributed by atoms with Gasteiger partial charge in [0.25, 0.3) is 0 Å². The van der Waals surface area contributed by atoms with Crippen molar-refractivity contribution in [3.05, 3.63) is 109 Å². The van der Waals surface area contributed by atoms with Crippen LogP contribution in [0.4, 0.5) is 0 Å². The second kappa shape index (κ2) is 59.4. The molecular formula is C76H131NO13. The highest BCUT2D eigenvalue weighted by Gasteiger charge is 2.51. The van der Waals surface area contributed by atoms with Crippen molar-refractivity contribution < 1.29 is 64.6 Å². The van der Waals surface area contributed by atoms with Crippen molar-refractivity contribution in [2.75, 3.05) is 19.8 Å². The van der Waals surface area contributed by atoms with Gasteiger partial charge in [-0.15, -0.1) is 0 Å². The van der Waals surface area contributed by atoms with Gasteiger partial charge in [0.2, 0.25) is 5.91 Å². The maximum absolute atomic E-state index is 13.3. The Kier molecular flexibility index (Phi) is 54.6. The highest BCUT2D eigenvalue weighted by Crippen LogP contribution is 2.30. The molecule has 0 radical (unpaired) electrons. The fourth-order valence-electron chi connectivity index (χ4n) is 11.3. The molecule has 2 saturated heterocycles. The van der Waals surface area contributed by atoms with Gasteiger partial charge in [-0.2, -0.15) is 0 Å². The molecule has 0 aromatic carbocycles. The number of carbonyl (C=O) groups excluding carboxylic acids is 1. The van der Waals surface area contributed by atoms with Gasteiger partial charge in [0, 0.05) is 6.42 Å².